The molecule has 2 heterocycles. The molecule has 2 fully saturated rings. The van der Waals surface area contributed by atoms with Crippen molar-refractivity contribution in [3.05, 3.63) is 28.8 Å². The molecule has 158 valence electrons. The number of fused-ring (bicyclic) bond motifs is 1. The molecule has 2 amide bonds. The van der Waals surface area contributed by atoms with Gasteiger partial charge in [-0.3, -0.25) is 4.90 Å². The Morgan fingerprint density at radius 2 is 2.03 bits per heavy atom. The van der Waals surface area contributed by atoms with Crippen molar-refractivity contribution in [1.29, 1.82) is 0 Å². The van der Waals surface area contributed by atoms with Gasteiger partial charge in [-0.05, 0) is 64.3 Å². The van der Waals surface area contributed by atoms with Crippen molar-refractivity contribution >= 4 is 33.2 Å². The van der Waals surface area contributed by atoms with Crippen LogP contribution < -0.4 is 10.6 Å². The van der Waals surface area contributed by atoms with Gasteiger partial charge < -0.3 is 15.7 Å². The van der Waals surface area contributed by atoms with E-state index >= 15 is 0 Å². The van der Waals surface area contributed by atoms with Gasteiger partial charge >= 0.3 is 6.03 Å². The topological polar surface area (TPSA) is 98.7 Å². The van der Waals surface area contributed by atoms with Crippen molar-refractivity contribution in [3.8, 4) is 5.75 Å². The highest BCUT2D eigenvalue weighted by Gasteiger charge is 2.46. The molecule has 0 aromatic heterocycles. The molecule has 0 spiro atoms. The number of carbonyl (C=O) groups is 1. The molecule has 1 aromatic rings. The van der Waals surface area contributed by atoms with Crippen molar-refractivity contribution in [2.24, 2.45) is 0 Å². The third-order valence-electron chi connectivity index (χ3n) is 6.34. The van der Waals surface area contributed by atoms with Crippen LogP contribution in [0.4, 0.5) is 10.5 Å². The molecular formula is C20H26ClN3O4S. The lowest BCUT2D eigenvalue weighted by Gasteiger charge is -2.22. The fraction of sp³-hybridized carbons (Fsp3) is 0.550. The number of urea groups is 1. The number of hydrogen-bond donors (Lipinski definition) is 3. The van der Waals surface area contributed by atoms with Crippen molar-refractivity contribution < 1.29 is 18.3 Å². The van der Waals surface area contributed by atoms with Crippen LogP contribution >= 0.6 is 11.6 Å². The highest BCUT2D eigenvalue weighted by atomic mass is 35.5. The number of nitrogens with one attached hydrogen (secondary N) is 2. The number of halogens is 1. The van der Waals surface area contributed by atoms with E-state index in [1.54, 1.807) is 0 Å². The maximum Gasteiger partial charge on any atom is 0.319 e. The standard InChI is InChI=1S/C20H26ClN3O4S/c1-12-4-2-5-14(12)22-20(26)23-15-8-7-13(21)19(18(15)25)29(27,28)17-9-11-24-10-3-6-16(17)24/h4,7-8,14,16-17,25H,2-3,5-6,9-11H2,1H3,(H2,22,23,26)/t14-,16?,17+/m1/s1. The summed E-state index contributed by atoms with van der Waals surface area (Å²) in [5.74, 6) is -0.497. The predicted octanol–water partition coefficient (Wildman–Crippen LogP) is 3.29. The molecule has 0 saturated carbocycles. The summed E-state index contributed by atoms with van der Waals surface area (Å²) in [7, 11) is -3.85. The molecule has 1 aliphatic carbocycles. The second-order valence-corrected chi connectivity index (χ2v) is 10.6. The highest BCUT2D eigenvalue weighted by molar-refractivity contribution is 7.92. The highest BCUT2D eigenvalue weighted by Crippen LogP contribution is 2.43. The van der Waals surface area contributed by atoms with Crippen LogP contribution in [0.3, 0.4) is 0 Å². The molecular weight excluding hydrogens is 414 g/mol. The minimum atomic E-state index is -3.85. The Kier molecular flexibility index (Phi) is 5.52. The first-order valence-corrected chi connectivity index (χ1v) is 11.9. The summed E-state index contributed by atoms with van der Waals surface area (Å²) < 4.78 is 26.7. The summed E-state index contributed by atoms with van der Waals surface area (Å²) in [4.78, 5) is 14.3. The third kappa shape index (κ3) is 3.73. The zero-order chi connectivity index (χ0) is 20.8. The first-order valence-electron chi connectivity index (χ1n) is 10.0. The smallest absolute Gasteiger partial charge is 0.319 e. The molecule has 3 atom stereocenters. The van der Waals surface area contributed by atoms with E-state index in [0.29, 0.717) is 6.42 Å². The molecule has 0 bridgehead atoms. The number of rotatable bonds is 4. The Morgan fingerprint density at radius 3 is 2.76 bits per heavy atom. The number of benzene rings is 1. The summed E-state index contributed by atoms with van der Waals surface area (Å²) >= 11 is 6.21. The first-order chi connectivity index (χ1) is 13.8. The van der Waals surface area contributed by atoms with E-state index in [1.807, 2.05) is 6.92 Å². The van der Waals surface area contributed by atoms with Gasteiger partial charge in [-0.2, -0.15) is 0 Å². The third-order valence-corrected chi connectivity index (χ3v) is 9.09. The molecule has 7 nitrogen and oxygen atoms in total. The number of amides is 2. The predicted molar refractivity (Wildman–Crippen MR) is 112 cm³/mol. The van der Waals surface area contributed by atoms with E-state index in [9.17, 15) is 18.3 Å². The van der Waals surface area contributed by atoms with Gasteiger partial charge in [-0.15, -0.1) is 0 Å². The van der Waals surface area contributed by atoms with E-state index in [2.05, 4.69) is 21.6 Å². The van der Waals surface area contributed by atoms with Crippen LogP contribution in [0.15, 0.2) is 28.7 Å². The minimum absolute atomic E-state index is 0.0283. The molecule has 2 aliphatic heterocycles. The zero-order valence-corrected chi connectivity index (χ0v) is 17.9. The maximum atomic E-state index is 13.4. The summed E-state index contributed by atoms with van der Waals surface area (Å²) in [5.41, 5.74) is 1.12. The second kappa shape index (κ2) is 7.81. The maximum absolute atomic E-state index is 13.4. The Bertz CT molecular complexity index is 963. The number of allylic oxidation sites excluding steroid dienone is 1. The summed E-state index contributed by atoms with van der Waals surface area (Å²) in [6, 6.07) is 2.25. The van der Waals surface area contributed by atoms with E-state index in [1.165, 1.54) is 12.1 Å². The van der Waals surface area contributed by atoms with Gasteiger partial charge in [0.05, 0.1) is 22.0 Å². The van der Waals surface area contributed by atoms with Gasteiger partial charge in [0.2, 0.25) is 0 Å². The molecule has 29 heavy (non-hydrogen) atoms. The quantitative estimate of drug-likeness (QED) is 0.494. The number of nitrogens with zero attached hydrogens (tertiary/aromatic N) is 1. The number of carbonyl (C=O) groups excluding carboxylic acids is 1. The van der Waals surface area contributed by atoms with Crippen molar-refractivity contribution in [1.82, 2.24) is 10.2 Å². The average Bonchev–Trinajstić information content (AvgIpc) is 3.35. The number of phenolic OH excluding ortho intramolecular Hbond substituents is 1. The summed E-state index contributed by atoms with van der Waals surface area (Å²) in [5, 5.41) is 15.5. The summed E-state index contributed by atoms with van der Waals surface area (Å²) in [6.07, 6.45) is 6.14. The first kappa shape index (κ1) is 20.5. The van der Waals surface area contributed by atoms with Crippen molar-refractivity contribution in [2.45, 2.75) is 61.3 Å². The van der Waals surface area contributed by atoms with Crippen LogP contribution in [-0.2, 0) is 9.84 Å². The van der Waals surface area contributed by atoms with E-state index in [4.69, 9.17) is 11.6 Å². The van der Waals surface area contributed by atoms with Gasteiger partial charge in [0.15, 0.2) is 15.6 Å². The lowest BCUT2D eigenvalue weighted by atomic mass is 10.1. The van der Waals surface area contributed by atoms with Gasteiger partial charge in [0.1, 0.15) is 4.90 Å². The molecule has 9 heteroatoms. The fourth-order valence-electron chi connectivity index (χ4n) is 4.82. The molecule has 2 saturated heterocycles. The van der Waals surface area contributed by atoms with Crippen LogP contribution in [-0.4, -0.2) is 54.9 Å². The minimum Gasteiger partial charge on any atom is -0.504 e. The molecule has 1 aromatic carbocycles. The Labute approximate surface area is 176 Å². The number of sulfone groups is 1. The van der Waals surface area contributed by atoms with Crippen LogP contribution in [0.1, 0.15) is 39.0 Å². The van der Waals surface area contributed by atoms with Crippen LogP contribution in [0.5, 0.6) is 5.75 Å². The molecule has 3 aliphatic rings. The Hall–Kier alpha value is -1.77. The fourth-order valence-corrected chi connectivity index (χ4v) is 7.45. The molecule has 0 radical (unpaired) electrons. The Morgan fingerprint density at radius 1 is 1.24 bits per heavy atom. The van der Waals surface area contributed by atoms with Crippen molar-refractivity contribution in [3.63, 3.8) is 0 Å². The summed E-state index contributed by atoms with van der Waals surface area (Å²) in [6.45, 7) is 3.60. The number of hydrogen-bond acceptors (Lipinski definition) is 5. The van der Waals surface area contributed by atoms with E-state index in [-0.39, 0.29) is 27.7 Å². The van der Waals surface area contributed by atoms with Crippen LogP contribution in [0.25, 0.3) is 0 Å². The second-order valence-electron chi connectivity index (χ2n) is 8.07. The van der Waals surface area contributed by atoms with Crippen molar-refractivity contribution in [2.75, 3.05) is 18.4 Å². The lowest BCUT2D eigenvalue weighted by Crippen LogP contribution is -2.37. The van der Waals surface area contributed by atoms with Crippen LogP contribution in [0.2, 0.25) is 5.02 Å². The molecule has 3 N–H and O–H groups in total. The van der Waals surface area contributed by atoms with Crippen LogP contribution in [0, 0.1) is 0 Å². The average molecular weight is 440 g/mol. The van der Waals surface area contributed by atoms with E-state index in [0.717, 1.165) is 44.3 Å². The van der Waals surface area contributed by atoms with Gasteiger partial charge in [-0.25, -0.2) is 13.2 Å². The normalized spacial score (nSPS) is 27.0. The van der Waals surface area contributed by atoms with Gasteiger partial charge in [0.25, 0.3) is 0 Å². The zero-order valence-electron chi connectivity index (χ0n) is 16.3. The number of aromatic hydroxyl groups is 1. The lowest BCUT2D eigenvalue weighted by molar-refractivity contribution is 0.249. The van der Waals surface area contributed by atoms with E-state index < -0.39 is 26.9 Å². The monoisotopic (exact) mass is 439 g/mol. The number of phenols is 1. The largest absolute Gasteiger partial charge is 0.504 e. The van der Waals surface area contributed by atoms with Gasteiger partial charge in [0, 0.05) is 6.04 Å². The van der Waals surface area contributed by atoms with Gasteiger partial charge in [-0.1, -0.05) is 23.3 Å². The SMILES string of the molecule is CC1=CCC[C@H]1NC(=O)Nc1ccc(Cl)c(S(=O)(=O)[C@H]2CCN3CCCC23)c1O. The molecule has 1 unspecified atom stereocenters. The number of anilines is 1. The molecule has 4 rings (SSSR count). The Balaban J connectivity index is 1.58.